The highest BCUT2D eigenvalue weighted by Crippen LogP contribution is 2.26. The third-order valence-electron chi connectivity index (χ3n) is 3.84. The van der Waals surface area contributed by atoms with Crippen molar-refractivity contribution < 1.29 is 0 Å². The van der Waals surface area contributed by atoms with Crippen molar-refractivity contribution in [1.29, 1.82) is 0 Å². The number of rotatable bonds is 4. The maximum atomic E-state index is 4.57. The summed E-state index contributed by atoms with van der Waals surface area (Å²) < 4.78 is 0. The first-order valence-electron chi connectivity index (χ1n) is 7.69. The Morgan fingerprint density at radius 3 is 2.50 bits per heavy atom. The van der Waals surface area contributed by atoms with Gasteiger partial charge in [-0.2, -0.15) is 0 Å². The first kappa shape index (κ1) is 15.2. The SMILES string of the molecule is CC(C)C1CCCN1c1ncc(CNC(C)(C)C)cn1. The normalized spacial score (nSPS) is 19.9. The molecule has 4 heteroatoms. The van der Waals surface area contributed by atoms with Crippen molar-refractivity contribution in [1.82, 2.24) is 15.3 Å². The van der Waals surface area contributed by atoms with E-state index >= 15 is 0 Å². The fraction of sp³-hybridized carbons (Fsp3) is 0.750. The standard InChI is InChI=1S/C16H28N4/c1-12(2)14-7-6-8-20(14)15-17-9-13(10-18-15)11-19-16(3,4)5/h9-10,12,14,19H,6-8,11H2,1-5H3. The minimum atomic E-state index is 0.121. The van der Waals surface area contributed by atoms with Gasteiger partial charge in [0.05, 0.1) is 0 Å². The van der Waals surface area contributed by atoms with Crippen LogP contribution in [0.4, 0.5) is 5.95 Å². The van der Waals surface area contributed by atoms with Crippen LogP contribution in [-0.4, -0.2) is 28.1 Å². The number of hydrogen-bond acceptors (Lipinski definition) is 4. The quantitative estimate of drug-likeness (QED) is 0.918. The average Bonchev–Trinajstić information content (AvgIpc) is 2.85. The van der Waals surface area contributed by atoms with Crippen LogP contribution >= 0.6 is 0 Å². The van der Waals surface area contributed by atoms with Crippen LogP contribution in [0.5, 0.6) is 0 Å². The molecule has 0 spiro atoms. The molecule has 1 aliphatic heterocycles. The number of nitrogens with one attached hydrogen (secondary N) is 1. The summed E-state index contributed by atoms with van der Waals surface area (Å²) in [4.78, 5) is 11.5. The second-order valence-corrected chi connectivity index (χ2v) is 7.14. The van der Waals surface area contributed by atoms with Crippen LogP contribution in [0.15, 0.2) is 12.4 Å². The highest BCUT2D eigenvalue weighted by Gasteiger charge is 2.28. The maximum Gasteiger partial charge on any atom is 0.225 e. The molecule has 20 heavy (non-hydrogen) atoms. The van der Waals surface area contributed by atoms with Gasteiger partial charge >= 0.3 is 0 Å². The van der Waals surface area contributed by atoms with Crippen LogP contribution in [0, 0.1) is 5.92 Å². The third kappa shape index (κ3) is 3.92. The van der Waals surface area contributed by atoms with E-state index in [1.165, 1.54) is 12.8 Å². The van der Waals surface area contributed by atoms with E-state index in [-0.39, 0.29) is 5.54 Å². The van der Waals surface area contributed by atoms with E-state index in [1.807, 2.05) is 12.4 Å². The molecule has 1 aromatic rings. The lowest BCUT2D eigenvalue weighted by molar-refractivity contribution is 0.423. The largest absolute Gasteiger partial charge is 0.338 e. The Kier molecular flexibility index (Phi) is 4.63. The second-order valence-electron chi connectivity index (χ2n) is 7.14. The smallest absolute Gasteiger partial charge is 0.225 e. The zero-order chi connectivity index (χ0) is 14.8. The van der Waals surface area contributed by atoms with Crippen molar-refractivity contribution in [3.63, 3.8) is 0 Å². The van der Waals surface area contributed by atoms with E-state index in [0.717, 1.165) is 24.6 Å². The Balaban J connectivity index is 2.01. The zero-order valence-corrected chi connectivity index (χ0v) is 13.5. The van der Waals surface area contributed by atoms with Gasteiger partial charge in [0.25, 0.3) is 0 Å². The van der Waals surface area contributed by atoms with Crippen LogP contribution in [0.25, 0.3) is 0 Å². The van der Waals surface area contributed by atoms with Gasteiger partial charge in [0, 0.05) is 42.6 Å². The Labute approximate surface area is 123 Å². The summed E-state index contributed by atoms with van der Waals surface area (Å²) in [5.41, 5.74) is 1.26. The van der Waals surface area contributed by atoms with Gasteiger partial charge in [0.2, 0.25) is 5.95 Å². The zero-order valence-electron chi connectivity index (χ0n) is 13.5. The van der Waals surface area contributed by atoms with E-state index in [2.05, 4.69) is 54.8 Å². The van der Waals surface area contributed by atoms with Crippen molar-refractivity contribution >= 4 is 5.95 Å². The summed E-state index contributed by atoms with van der Waals surface area (Å²) in [5.74, 6) is 1.55. The van der Waals surface area contributed by atoms with E-state index in [9.17, 15) is 0 Å². The van der Waals surface area contributed by atoms with Gasteiger partial charge in [-0.25, -0.2) is 9.97 Å². The maximum absolute atomic E-state index is 4.57. The van der Waals surface area contributed by atoms with Gasteiger partial charge in [0.15, 0.2) is 0 Å². The molecule has 1 atom stereocenters. The molecule has 0 amide bonds. The molecule has 1 N–H and O–H groups in total. The van der Waals surface area contributed by atoms with Gasteiger partial charge in [0.1, 0.15) is 0 Å². The van der Waals surface area contributed by atoms with Gasteiger partial charge in [-0.3, -0.25) is 0 Å². The molecule has 1 aliphatic rings. The topological polar surface area (TPSA) is 41.1 Å². The molecule has 1 aromatic heterocycles. The van der Waals surface area contributed by atoms with Crippen molar-refractivity contribution in [3.8, 4) is 0 Å². The summed E-state index contributed by atoms with van der Waals surface area (Å²) in [5, 5.41) is 3.46. The number of anilines is 1. The lowest BCUT2D eigenvalue weighted by atomic mass is 10.0. The number of hydrogen-bond donors (Lipinski definition) is 1. The Morgan fingerprint density at radius 1 is 1.30 bits per heavy atom. The molecule has 2 heterocycles. The fourth-order valence-corrected chi connectivity index (χ4v) is 2.69. The van der Waals surface area contributed by atoms with Crippen molar-refractivity contribution in [3.05, 3.63) is 18.0 Å². The molecule has 112 valence electrons. The highest BCUT2D eigenvalue weighted by molar-refractivity contribution is 5.33. The van der Waals surface area contributed by atoms with E-state index in [0.29, 0.717) is 12.0 Å². The Hall–Kier alpha value is -1.16. The lowest BCUT2D eigenvalue weighted by Gasteiger charge is -2.27. The average molecular weight is 276 g/mol. The minimum Gasteiger partial charge on any atom is -0.338 e. The molecule has 1 fully saturated rings. The van der Waals surface area contributed by atoms with Gasteiger partial charge < -0.3 is 10.2 Å². The number of nitrogens with zero attached hydrogens (tertiary/aromatic N) is 3. The monoisotopic (exact) mass is 276 g/mol. The Morgan fingerprint density at radius 2 is 1.95 bits per heavy atom. The molecule has 0 aromatic carbocycles. The van der Waals surface area contributed by atoms with Crippen LogP contribution in [0.3, 0.4) is 0 Å². The summed E-state index contributed by atoms with van der Waals surface area (Å²) >= 11 is 0. The Bertz CT molecular complexity index is 419. The van der Waals surface area contributed by atoms with Crippen LogP contribution in [-0.2, 0) is 6.54 Å². The van der Waals surface area contributed by atoms with Crippen LogP contribution in [0.2, 0.25) is 0 Å². The molecular formula is C16H28N4. The summed E-state index contributed by atoms with van der Waals surface area (Å²) in [6.07, 6.45) is 6.42. The van der Waals surface area contributed by atoms with E-state index in [4.69, 9.17) is 0 Å². The van der Waals surface area contributed by atoms with Gasteiger partial charge in [-0.1, -0.05) is 13.8 Å². The van der Waals surface area contributed by atoms with Crippen LogP contribution in [0.1, 0.15) is 53.0 Å². The first-order chi connectivity index (χ1) is 9.37. The molecule has 4 nitrogen and oxygen atoms in total. The highest BCUT2D eigenvalue weighted by atomic mass is 15.3. The number of aromatic nitrogens is 2. The first-order valence-corrected chi connectivity index (χ1v) is 7.69. The molecular weight excluding hydrogens is 248 g/mol. The van der Waals surface area contributed by atoms with Crippen molar-refractivity contribution in [2.45, 2.75) is 65.6 Å². The molecule has 2 rings (SSSR count). The summed E-state index contributed by atoms with van der Waals surface area (Å²) in [6, 6.07) is 0.591. The summed E-state index contributed by atoms with van der Waals surface area (Å²) in [6.45, 7) is 13.0. The predicted octanol–water partition coefficient (Wildman–Crippen LogP) is 2.99. The van der Waals surface area contributed by atoms with Crippen molar-refractivity contribution in [2.24, 2.45) is 5.92 Å². The van der Waals surface area contributed by atoms with Crippen LogP contribution < -0.4 is 10.2 Å². The van der Waals surface area contributed by atoms with E-state index in [1.54, 1.807) is 0 Å². The van der Waals surface area contributed by atoms with Gasteiger partial charge in [-0.15, -0.1) is 0 Å². The molecule has 0 radical (unpaired) electrons. The lowest BCUT2D eigenvalue weighted by Crippen LogP contribution is -2.36. The molecule has 0 bridgehead atoms. The van der Waals surface area contributed by atoms with E-state index < -0.39 is 0 Å². The fourth-order valence-electron chi connectivity index (χ4n) is 2.69. The molecule has 0 saturated carbocycles. The predicted molar refractivity (Wildman–Crippen MR) is 83.8 cm³/mol. The second kappa shape index (κ2) is 6.08. The molecule has 1 unspecified atom stereocenters. The van der Waals surface area contributed by atoms with Crippen molar-refractivity contribution in [2.75, 3.05) is 11.4 Å². The minimum absolute atomic E-state index is 0.121. The summed E-state index contributed by atoms with van der Waals surface area (Å²) in [7, 11) is 0. The van der Waals surface area contributed by atoms with Gasteiger partial charge in [-0.05, 0) is 39.5 Å². The molecule has 0 aliphatic carbocycles. The third-order valence-corrected chi connectivity index (χ3v) is 3.84. The molecule has 1 saturated heterocycles.